The number of ether oxygens (including phenoxy) is 1. The van der Waals surface area contributed by atoms with Crippen molar-refractivity contribution in [3.63, 3.8) is 0 Å². The second kappa shape index (κ2) is 9.54. The summed E-state index contributed by atoms with van der Waals surface area (Å²) in [7, 11) is -3.45. The Balaban J connectivity index is 1.82. The molecule has 0 saturated heterocycles. The number of nitrogens with zero attached hydrogens (tertiary/aromatic N) is 2. The summed E-state index contributed by atoms with van der Waals surface area (Å²) >= 11 is 0. The fraction of sp³-hybridized carbons (Fsp3) is 0.375. The molecule has 2 atom stereocenters. The number of aromatic carboxylic acids is 1. The molecule has 11 heteroatoms. The molecule has 0 aromatic heterocycles. The Morgan fingerprint density at radius 2 is 1.89 bits per heavy atom. The highest BCUT2D eigenvalue weighted by atomic mass is 32.2. The van der Waals surface area contributed by atoms with Crippen LogP contribution in [0.25, 0.3) is 6.08 Å². The molecule has 0 unspecified atom stereocenters. The van der Waals surface area contributed by atoms with Crippen molar-refractivity contribution in [1.29, 1.82) is 0 Å². The van der Waals surface area contributed by atoms with E-state index in [0.717, 1.165) is 29.5 Å². The molecule has 2 aliphatic rings. The molecule has 0 amide bonds. The lowest BCUT2D eigenvalue weighted by Crippen LogP contribution is -2.22. The number of carbonyl (C=O) groups is 1. The van der Waals surface area contributed by atoms with E-state index in [2.05, 4.69) is 4.90 Å². The summed E-state index contributed by atoms with van der Waals surface area (Å²) in [6.07, 6.45) is 3.32. The summed E-state index contributed by atoms with van der Waals surface area (Å²) in [5, 5.41) is 9.93. The van der Waals surface area contributed by atoms with E-state index in [4.69, 9.17) is 4.74 Å². The van der Waals surface area contributed by atoms with Crippen LogP contribution in [0.4, 0.5) is 24.5 Å². The number of carboxylic acids is 1. The first-order chi connectivity index (χ1) is 16.6. The summed E-state index contributed by atoms with van der Waals surface area (Å²) in [6.45, 7) is 5.71. The topological polar surface area (TPSA) is 87.2 Å². The predicted molar refractivity (Wildman–Crippen MR) is 126 cm³/mol. The number of hydrogen-bond donors (Lipinski definition) is 2. The number of hydrogen-bond acceptors (Lipinski definition) is 5. The maximum atomic E-state index is 14.1. The van der Waals surface area contributed by atoms with E-state index in [0.29, 0.717) is 6.54 Å². The van der Waals surface area contributed by atoms with Crippen LogP contribution >= 0.6 is 0 Å². The lowest BCUT2D eigenvalue weighted by molar-refractivity contribution is 0.0691. The molecule has 4 rings (SSSR count). The predicted octanol–water partition coefficient (Wildman–Crippen LogP) is 4.28. The fourth-order valence-corrected chi connectivity index (χ4v) is 5.24. The van der Waals surface area contributed by atoms with Gasteiger partial charge in [0.15, 0.2) is 0 Å². The number of benzene rings is 2. The number of fused-ring (bicyclic) bond motifs is 3. The summed E-state index contributed by atoms with van der Waals surface area (Å²) in [5.74, 6) is -7.61. The van der Waals surface area contributed by atoms with Gasteiger partial charge in [0.2, 0.25) is 10.9 Å². The van der Waals surface area contributed by atoms with Crippen molar-refractivity contribution in [2.45, 2.75) is 25.7 Å². The third-order valence-electron chi connectivity index (χ3n) is 6.49. The first kappa shape index (κ1) is 25.1. The zero-order valence-electron chi connectivity index (χ0n) is 19.1. The lowest BCUT2D eigenvalue weighted by atomic mass is 9.99. The van der Waals surface area contributed by atoms with Crippen molar-refractivity contribution >= 4 is 34.3 Å². The standard InChI is InChI=1S/C24H25F3N2O5S/c1-3-28(4-2)11-5-6-14-12-15(25)7-9-18(14)29(35(32)33)19-10-8-16-21-17(24(21,26)27)13-34-22(16)20(19)23(30)31/h5-10,12,17,21,35H,3-4,11,13H2,1-2H3,(H,30,31)/t17-,21+/m0/s1. The average molecular weight is 511 g/mol. The zero-order valence-corrected chi connectivity index (χ0v) is 20.0. The second-order valence-corrected chi connectivity index (χ2v) is 9.27. The molecule has 1 N–H and O–H groups in total. The molecule has 188 valence electrons. The number of alkyl halides is 2. The van der Waals surface area contributed by atoms with Gasteiger partial charge in [-0.15, -0.1) is 0 Å². The molecule has 1 fully saturated rings. The minimum atomic E-state index is -3.45. The average Bonchev–Trinajstić information content (AvgIpc) is 3.38. The summed E-state index contributed by atoms with van der Waals surface area (Å²) in [5.41, 5.74) is -0.553. The number of rotatable bonds is 9. The van der Waals surface area contributed by atoms with Crippen LogP contribution in [0.2, 0.25) is 0 Å². The van der Waals surface area contributed by atoms with Crippen LogP contribution < -0.4 is 9.04 Å². The first-order valence-electron chi connectivity index (χ1n) is 11.1. The van der Waals surface area contributed by atoms with Crippen molar-refractivity contribution in [1.82, 2.24) is 4.90 Å². The largest absolute Gasteiger partial charge is 0.492 e. The maximum Gasteiger partial charge on any atom is 0.341 e. The van der Waals surface area contributed by atoms with E-state index in [1.165, 1.54) is 18.2 Å². The molecule has 1 heterocycles. The molecular formula is C24H25F3N2O5S. The summed E-state index contributed by atoms with van der Waals surface area (Å²) in [6, 6.07) is 5.90. The van der Waals surface area contributed by atoms with Gasteiger partial charge in [0.1, 0.15) is 17.1 Å². The number of carboxylic acid groups (broad SMARTS) is 1. The van der Waals surface area contributed by atoms with Gasteiger partial charge >= 0.3 is 5.97 Å². The van der Waals surface area contributed by atoms with Gasteiger partial charge in [-0.3, -0.25) is 0 Å². The van der Waals surface area contributed by atoms with Gasteiger partial charge in [-0.05, 0) is 37.4 Å². The quantitative estimate of drug-likeness (QED) is 0.490. The fourth-order valence-electron chi connectivity index (χ4n) is 4.53. The zero-order chi connectivity index (χ0) is 25.5. The molecule has 0 spiro atoms. The third kappa shape index (κ3) is 4.50. The Kier molecular flexibility index (Phi) is 6.83. The van der Waals surface area contributed by atoms with Crippen LogP contribution in [0.15, 0.2) is 36.4 Å². The van der Waals surface area contributed by atoms with Gasteiger partial charge in [-0.1, -0.05) is 32.1 Å². The Bertz CT molecular complexity index is 1250. The molecule has 1 saturated carbocycles. The van der Waals surface area contributed by atoms with Crippen molar-refractivity contribution < 1.29 is 36.2 Å². The number of anilines is 2. The van der Waals surface area contributed by atoms with E-state index < -0.39 is 46.0 Å². The van der Waals surface area contributed by atoms with E-state index in [-0.39, 0.29) is 34.9 Å². The van der Waals surface area contributed by atoms with Gasteiger partial charge in [-0.2, -0.15) is 0 Å². The highest BCUT2D eigenvalue weighted by Gasteiger charge is 2.71. The summed E-state index contributed by atoms with van der Waals surface area (Å²) < 4.78 is 73.3. The van der Waals surface area contributed by atoms with Crippen molar-refractivity contribution in [2.24, 2.45) is 5.92 Å². The highest BCUT2D eigenvalue weighted by molar-refractivity contribution is 7.74. The van der Waals surface area contributed by atoms with Gasteiger partial charge in [0, 0.05) is 17.7 Å². The van der Waals surface area contributed by atoms with Crippen LogP contribution in [-0.4, -0.2) is 56.6 Å². The molecule has 1 aliphatic heterocycles. The number of likely N-dealkylation sites (N-methyl/N-ethyl adjacent to an activating group) is 1. The minimum Gasteiger partial charge on any atom is -0.492 e. The SMILES string of the molecule is CCN(CC)CC=Cc1cc(F)ccc1N(c1ccc2c(c1C(=O)O)OC[C@H]1[C@@H]2C1(F)F)[SH](=O)=O. The van der Waals surface area contributed by atoms with Crippen LogP contribution in [0, 0.1) is 11.7 Å². The second-order valence-electron chi connectivity index (χ2n) is 8.39. The molecule has 0 radical (unpaired) electrons. The van der Waals surface area contributed by atoms with Crippen molar-refractivity contribution in [2.75, 3.05) is 30.5 Å². The first-order valence-corrected chi connectivity index (χ1v) is 12.3. The molecule has 35 heavy (non-hydrogen) atoms. The van der Waals surface area contributed by atoms with Crippen molar-refractivity contribution in [3.05, 3.63) is 58.9 Å². The Labute approximate surface area is 202 Å². The smallest absolute Gasteiger partial charge is 0.341 e. The normalized spacial score (nSPS) is 20.0. The number of halogens is 3. The van der Waals surface area contributed by atoms with Crippen LogP contribution in [-0.2, 0) is 10.9 Å². The molecule has 2 aromatic carbocycles. The van der Waals surface area contributed by atoms with Crippen molar-refractivity contribution in [3.8, 4) is 5.75 Å². The monoisotopic (exact) mass is 510 g/mol. The van der Waals surface area contributed by atoms with E-state index in [9.17, 15) is 31.5 Å². The molecular weight excluding hydrogens is 485 g/mol. The minimum absolute atomic E-state index is 0.0196. The Hall–Kier alpha value is -3.05. The van der Waals surface area contributed by atoms with E-state index in [1.807, 2.05) is 13.8 Å². The highest BCUT2D eigenvalue weighted by Crippen LogP contribution is 2.66. The van der Waals surface area contributed by atoms with Gasteiger partial charge < -0.3 is 14.7 Å². The van der Waals surface area contributed by atoms with Gasteiger partial charge in [0.05, 0.1) is 29.8 Å². The van der Waals surface area contributed by atoms with Crippen LogP contribution in [0.5, 0.6) is 5.75 Å². The van der Waals surface area contributed by atoms with Crippen LogP contribution in [0.1, 0.15) is 41.3 Å². The number of thiol groups is 1. The Morgan fingerprint density at radius 1 is 1.20 bits per heavy atom. The van der Waals surface area contributed by atoms with Gasteiger partial charge in [-0.25, -0.2) is 30.7 Å². The van der Waals surface area contributed by atoms with E-state index in [1.54, 1.807) is 12.2 Å². The van der Waals surface area contributed by atoms with Crippen LogP contribution in [0.3, 0.4) is 0 Å². The molecule has 1 aliphatic carbocycles. The Morgan fingerprint density at radius 3 is 2.51 bits per heavy atom. The lowest BCUT2D eigenvalue weighted by Gasteiger charge is -2.25. The maximum absolute atomic E-state index is 14.1. The molecule has 7 nitrogen and oxygen atoms in total. The molecule has 0 bridgehead atoms. The third-order valence-corrected chi connectivity index (χ3v) is 7.25. The van der Waals surface area contributed by atoms with Gasteiger partial charge in [0.25, 0.3) is 5.92 Å². The molecule has 2 aromatic rings. The summed E-state index contributed by atoms with van der Waals surface area (Å²) in [4.78, 5) is 14.3. The van der Waals surface area contributed by atoms with E-state index >= 15 is 0 Å².